The molecule has 1 unspecified atom stereocenters. The van der Waals surface area contributed by atoms with E-state index in [0.29, 0.717) is 17.8 Å². The highest BCUT2D eigenvalue weighted by molar-refractivity contribution is 7.07. The normalized spacial score (nSPS) is 12.5. The first kappa shape index (κ1) is 21.6. The van der Waals surface area contributed by atoms with Crippen molar-refractivity contribution in [2.45, 2.75) is 19.4 Å². The molecule has 0 aliphatic rings. The molecule has 1 N–H and O–H groups in total. The molecular formula is C26H24N2O3S. The van der Waals surface area contributed by atoms with Crippen LogP contribution in [0, 0.1) is 0 Å². The molecule has 4 aromatic rings. The molecule has 3 aromatic carbocycles. The van der Waals surface area contributed by atoms with Gasteiger partial charge in [-0.25, -0.2) is 9.79 Å². The van der Waals surface area contributed by atoms with Gasteiger partial charge in [-0.05, 0) is 42.3 Å². The fourth-order valence-electron chi connectivity index (χ4n) is 3.54. The quantitative estimate of drug-likeness (QED) is 0.378. The Morgan fingerprint density at radius 2 is 1.66 bits per heavy atom. The lowest BCUT2D eigenvalue weighted by atomic mass is 10.0. The Bertz CT molecular complexity index is 1230. The highest BCUT2D eigenvalue weighted by atomic mass is 32.1. The smallest absolute Gasteiger partial charge is 0.327 e. The summed E-state index contributed by atoms with van der Waals surface area (Å²) in [5, 5.41) is 12.2. The van der Waals surface area contributed by atoms with E-state index < -0.39 is 12.0 Å². The molecule has 1 atom stereocenters. The summed E-state index contributed by atoms with van der Waals surface area (Å²) >= 11 is 1.44. The van der Waals surface area contributed by atoms with Crippen molar-refractivity contribution >= 4 is 23.0 Å². The third kappa shape index (κ3) is 4.98. The highest BCUT2D eigenvalue weighted by Gasteiger charge is 2.24. The molecule has 0 amide bonds. The van der Waals surface area contributed by atoms with E-state index in [1.807, 2.05) is 102 Å². The second-order valence-electron chi connectivity index (χ2n) is 7.22. The summed E-state index contributed by atoms with van der Waals surface area (Å²) in [6, 6.07) is 26.2. The lowest BCUT2D eigenvalue weighted by Crippen LogP contribution is -2.29. The van der Waals surface area contributed by atoms with Crippen LogP contribution in [-0.4, -0.2) is 22.2 Å². The van der Waals surface area contributed by atoms with Crippen LogP contribution in [0.2, 0.25) is 0 Å². The molecule has 0 fully saturated rings. The zero-order valence-corrected chi connectivity index (χ0v) is 18.5. The van der Waals surface area contributed by atoms with Crippen LogP contribution in [0.5, 0.6) is 5.75 Å². The van der Waals surface area contributed by atoms with Crippen LogP contribution in [0.1, 0.15) is 18.5 Å². The van der Waals surface area contributed by atoms with Gasteiger partial charge in [-0.1, -0.05) is 60.7 Å². The molecular weight excluding hydrogens is 420 g/mol. The van der Waals surface area contributed by atoms with Gasteiger partial charge in [0.15, 0.2) is 4.80 Å². The molecule has 0 bridgehead atoms. The van der Waals surface area contributed by atoms with E-state index in [0.717, 1.165) is 28.3 Å². The van der Waals surface area contributed by atoms with Crippen LogP contribution in [0.25, 0.3) is 11.3 Å². The Hall–Kier alpha value is -3.64. The van der Waals surface area contributed by atoms with E-state index in [1.54, 1.807) is 0 Å². The molecule has 0 spiro atoms. The predicted octanol–water partition coefficient (Wildman–Crippen LogP) is 5.72. The minimum absolute atomic E-state index is 0.364. The fraction of sp³-hybridized carbons (Fsp3) is 0.154. The van der Waals surface area contributed by atoms with Gasteiger partial charge in [0.2, 0.25) is 0 Å². The van der Waals surface area contributed by atoms with Gasteiger partial charge >= 0.3 is 5.97 Å². The Kier molecular flexibility index (Phi) is 6.82. The molecule has 5 nitrogen and oxygen atoms in total. The molecule has 0 aliphatic carbocycles. The Balaban J connectivity index is 1.83. The molecule has 1 heterocycles. The van der Waals surface area contributed by atoms with Crippen LogP contribution in [0.15, 0.2) is 95.3 Å². The summed E-state index contributed by atoms with van der Waals surface area (Å²) in [4.78, 5) is 17.9. The number of hydrogen-bond acceptors (Lipinski definition) is 4. The van der Waals surface area contributed by atoms with Gasteiger partial charge in [0.25, 0.3) is 0 Å². The summed E-state index contributed by atoms with van der Waals surface area (Å²) < 4.78 is 7.35. The van der Waals surface area contributed by atoms with Crippen molar-refractivity contribution in [3.8, 4) is 17.0 Å². The third-order valence-corrected chi connectivity index (χ3v) is 5.89. The summed E-state index contributed by atoms with van der Waals surface area (Å²) in [5.41, 5.74) is 3.50. The van der Waals surface area contributed by atoms with Gasteiger partial charge in [0.05, 0.1) is 18.0 Å². The van der Waals surface area contributed by atoms with Gasteiger partial charge in [0, 0.05) is 11.8 Å². The number of ether oxygens (including phenoxy) is 1. The second-order valence-corrected chi connectivity index (χ2v) is 8.06. The highest BCUT2D eigenvalue weighted by Crippen LogP contribution is 2.26. The van der Waals surface area contributed by atoms with E-state index in [2.05, 4.69) is 0 Å². The van der Waals surface area contributed by atoms with Crippen molar-refractivity contribution in [3.05, 3.63) is 101 Å². The number of aliphatic carboxylic acids is 1. The minimum atomic E-state index is -0.891. The van der Waals surface area contributed by atoms with Crippen molar-refractivity contribution in [1.82, 2.24) is 4.57 Å². The van der Waals surface area contributed by atoms with Gasteiger partial charge in [0.1, 0.15) is 11.8 Å². The van der Waals surface area contributed by atoms with Gasteiger partial charge < -0.3 is 14.4 Å². The number of rotatable bonds is 8. The van der Waals surface area contributed by atoms with Crippen molar-refractivity contribution in [1.29, 1.82) is 0 Å². The molecule has 0 radical (unpaired) electrons. The van der Waals surface area contributed by atoms with Gasteiger partial charge in [-0.3, -0.25) is 0 Å². The summed E-state index contributed by atoms with van der Waals surface area (Å²) in [6.45, 7) is 2.54. The Morgan fingerprint density at radius 1 is 1.00 bits per heavy atom. The van der Waals surface area contributed by atoms with Crippen molar-refractivity contribution in [2.75, 3.05) is 6.61 Å². The third-order valence-electron chi connectivity index (χ3n) is 5.05. The number of hydrogen-bond donors (Lipinski definition) is 1. The number of carboxylic acid groups (broad SMARTS) is 1. The van der Waals surface area contributed by atoms with E-state index in [-0.39, 0.29) is 0 Å². The lowest BCUT2D eigenvalue weighted by Gasteiger charge is -2.18. The van der Waals surface area contributed by atoms with Crippen LogP contribution in [0.4, 0.5) is 5.69 Å². The molecule has 0 saturated carbocycles. The molecule has 1 aromatic heterocycles. The topological polar surface area (TPSA) is 63.8 Å². The lowest BCUT2D eigenvalue weighted by molar-refractivity contribution is -0.140. The average molecular weight is 445 g/mol. The number of thiazole rings is 1. The average Bonchev–Trinajstić information content (AvgIpc) is 3.23. The Labute approximate surface area is 190 Å². The maximum Gasteiger partial charge on any atom is 0.327 e. The van der Waals surface area contributed by atoms with Crippen LogP contribution >= 0.6 is 11.3 Å². The van der Waals surface area contributed by atoms with Crippen LogP contribution in [0.3, 0.4) is 0 Å². The number of benzene rings is 3. The van der Waals surface area contributed by atoms with E-state index in [9.17, 15) is 9.90 Å². The van der Waals surface area contributed by atoms with Crippen LogP contribution in [-0.2, 0) is 11.2 Å². The van der Waals surface area contributed by atoms with Crippen molar-refractivity contribution in [3.63, 3.8) is 0 Å². The first-order valence-corrected chi connectivity index (χ1v) is 11.3. The predicted molar refractivity (Wildman–Crippen MR) is 127 cm³/mol. The number of carboxylic acids is 1. The van der Waals surface area contributed by atoms with E-state index in [1.165, 1.54) is 11.3 Å². The zero-order chi connectivity index (χ0) is 22.3. The molecule has 4 rings (SSSR count). The first-order chi connectivity index (χ1) is 15.7. The number of aromatic nitrogens is 1. The minimum Gasteiger partial charge on any atom is -0.494 e. The van der Waals surface area contributed by atoms with E-state index >= 15 is 0 Å². The Morgan fingerprint density at radius 3 is 2.28 bits per heavy atom. The zero-order valence-electron chi connectivity index (χ0n) is 17.7. The largest absolute Gasteiger partial charge is 0.494 e. The second kappa shape index (κ2) is 10.1. The monoisotopic (exact) mass is 444 g/mol. The van der Waals surface area contributed by atoms with Crippen molar-refractivity contribution < 1.29 is 14.6 Å². The molecule has 0 saturated heterocycles. The van der Waals surface area contributed by atoms with Gasteiger partial charge in [-0.15, -0.1) is 11.3 Å². The molecule has 32 heavy (non-hydrogen) atoms. The SMILES string of the molecule is CCOc1ccc(N=c2scc(-c3ccccc3)n2C(Cc2ccccc2)C(=O)O)cc1. The number of nitrogens with zero attached hydrogens (tertiary/aromatic N) is 2. The summed E-state index contributed by atoms with van der Waals surface area (Å²) in [6.07, 6.45) is 0.364. The van der Waals surface area contributed by atoms with Gasteiger partial charge in [-0.2, -0.15) is 0 Å². The summed E-state index contributed by atoms with van der Waals surface area (Å²) in [7, 11) is 0. The molecule has 0 aliphatic heterocycles. The standard InChI is InChI=1S/C26H24N2O3S/c1-2-31-22-15-13-21(14-16-22)27-26-28(24(18-32-26)20-11-7-4-8-12-20)23(25(29)30)17-19-9-5-3-6-10-19/h3-16,18,23H,2,17H2,1H3,(H,29,30). The van der Waals surface area contributed by atoms with E-state index in [4.69, 9.17) is 9.73 Å². The molecule has 162 valence electrons. The maximum absolute atomic E-state index is 12.4. The van der Waals surface area contributed by atoms with Crippen LogP contribution < -0.4 is 9.54 Å². The maximum atomic E-state index is 12.4. The fourth-order valence-corrected chi connectivity index (χ4v) is 4.51. The van der Waals surface area contributed by atoms with Crippen molar-refractivity contribution in [2.24, 2.45) is 4.99 Å². The number of carbonyl (C=O) groups is 1. The summed E-state index contributed by atoms with van der Waals surface area (Å²) in [5.74, 6) is -0.111. The molecule has 6 heteroatoms. The first-order valence-electron chi connectivity index (χ1n) is 10.5.